The first-order valence-corrected chi connectivity index (χ1v) is 11.9. The van der Waals surface area contributed by atoms with Gasteiger partial charge in [0.25, 0.3) is 0 Å². The Balaban J connectivity index is 1.48. The molecule has 0 spiro atoms. The number of aryl methyl sites for hydroxylation is 2. The van der Waals surface area contributed by atoms with Crippen molar-refractivity contribution < 1.29 is 24.2 Å². The Morgan fingerprint density at radius 2 is 1.28 bits per heavy atom. The molecule has 0 saturated carbocycles. The first kappa shape index (κ1) is 24.7. The lowest BCUT2D eigenvalue weighted by Gasteiger charge is -2.14. The van der Waals surface area contributed by atoms with Gasteiger partial charge in [-0.2, -0.15) is 0 Å². The topological polar surface area (TPSA) is 72.8 Å². The zero-order chi connectivity index (χ0) is 25.2. The third kappa shape index (κ3) is 6.83. The summed E-state index contributed by atoms with van der Waals surface area (Å²) in [6.45, 7) is 0.612. The number of carbonyl (C=O) groups is 2. The van der Waals surface area contributed by atoms with Gasteiger partial charge in [-0.3, -0.25) is 0 Å². The maximum Gasteiger partial charge on any atom is 0.338 e. The molecule has 0 aliphatic heterocycles. The largest absolute Gasteiger partial charge is 0.489 e. The molecule has 5 heteroatoms. The van der Waals surface area contributed by atoms with Crippen molar-refractivity contribution in [3.8, 4) is 5.75 Å². The smallest absolute Gasteiger partial charge is 0.338 e. The molecule has 1 N–H and O–H groups in total. The molecule has 0 heterocycles. The van der Waals surface area contributed by atoms with Gasteiger partial charge in [0, 0.05) is 0 Å². The second-order valence-corrected chi connectivity index (χ2v) is 8.47. The first-order valence-electron chi connectivity index (χ1n) is 11.9. The molecule has 0 aromatic heterocycles. The summed E-state index contributed by atoms with van der Waals surface area (Å²) in [6.07, 6.45) is 1.93. The zero-order valence-electron chi connectivity index (χ0n) is 19.9. The van der Waals surface area contributed by atoms with Crippen LogP contribution in [0.4, 0.5) is 0 Å². The van der Waals surface area contributed by atoms with Gasteiger partial charge in [0.1, 0.15) is 19.0 Å². The van der Waals surface area contributed by atoms with Crippen molar-refractivity contribution in [2.75, 3.05) is 0 Å². The highest BCUT2D eigenvalue weighted by Crippen LogP contribution is 2.25. The Morgan fingerprint density at radius 3 is 1.97 bits per heavy atom. The van der Waals surface area contributed by atoms with Crippen LogP contribution in [-0.2, 0) is 30.8 Å². The van der Waals surface area contributed by atoms with Crippen LogP contribution >= 0.6 is 0 Å². The van der Waals surface area contributed by atoms with Gasteiger partial charge in [-0.25, -0.2) is 9.59 Å². The van der Waals surface area contributed by atoms with E-state index in [1.165, 1.54) is 0 Å². The third-order valence-electron chi connectivity index (χ3n) is 5.89. The quantitative estimate of drug-likeness (QED) is 0.248. The van der Waals surface area contributed by atoms with Crippen molar-refractivity contribution in [2.24, 2.45) is 0 Å². The van der Waals surface area contributed by atoms with Crippen LogP contribution in [0.3, 0.4) is 0 Å². The lowest BCUT2D eigenvalue weighted by atomic mass is 9.98. The Hall–Kier alpha value is -4.38. The SMILES string of the molecule is O=C(OCc1ccccc1)c1ccc(OCc2ccccc2)c(CCCc2ccccc2C(=O)O)c1. The number of benzene rings is 4. The standard InChI is InChI=1S/C31H28O5/c32-30(33)28-17-8-7-14-25(28)15-9-16-26-20-27(31(34)36-22-24-12-5-2-6-13-24)18-19-29(26)35-21-23-10-3-1-4-11-23/h1-8,10-14,17-20H,9,15-16,21-22H2,(H,32,33). The molecule has 0 aliphatic rings. The van der Waals surface area contributed by atoms with Gasteiger partial charge in [0.2, 0.25) is 0 Å². The summed E-state index contributed by atoms with van der Waals surface area (Å²) in [7, 11) is 0. The molecule has 182 valence electrons. The maximum absolute atomic E-state index is 12.7. The van der Waals surface area contributed by atoms with E-state index in [4.69, 9.17) is 9.47 Å². The van der Waals surface area contributed by atoms with Crippen LogP contribution in [0.15, 0.2) is 103 Å². The van der Waals surface area contributed by atoms with Crippen molar-refractivity contribution in [3.63, 3.8) is 0 Å². The number of hydrogen-bond acceptors (Lipinski definition) is 4. The fraction of sp³-hybridized carbons (Fsp3) is 0.161. The minimum Gasteiger partial charge on any atom is -0.489 e. The van der Waals surface area contributed by atoms with Crippen molar-refractivity contribution >= 4 is 11.9 Å². The number of carbonyl (C=O) groups excluding carboxylic acids is 1. The Morgan fingerprint density at radius 1 is 0.667 bits per heavy atom. The molecule has 0 aliphatic carbocycles. The van der Waals surface area contributed by atoms with Gasteiger partial charge in [0.05, 0.1) is 11.1 Å². The van der Waals surface area contributed by atoms with E-state index in [-0.39, 0.29) is 6.61 Å². The van der Waals surface area contributed by atoms with Crippen LogP contribution < -0.4 is 4.74 Å². The molecule has 4 aromatic rings. The van der Waals surface area contributed by atoms with Crippen molar-refractivity contribution in [2.45, 2.75) is 32.5 Å². The fourth-order valence-corrected chi connectivity index (χ4v) is 4.00. The summed E-state index contributed by atoms with van der Waals surface area (Å²) in [4.78, 5) is 24.3. The second kappa shape index (κ2) is 12.4. The zero-order valence-corrected chi connectivity index (χ0v) is 19.9. The van der Waals surface area contributed by atoms with Crippen LogP contribution in [0, 0.1) is 0 Å². The lowest BCUT2D eigenvalue weighted by Crippen LogP contribution is -2.07. The molecule has 0 atom stereocenters. The molecular weight excluding hydrogens is 452 g/mol. The van der Waals surface area contributed by atoms with E-state index in [1.807, 2.05) is 84.9 Å². The minimum atomic E-state index is -0.930. The van der Waals surface area contributed by atoms with E-state index in [0.717, 1.165) is 22.3 Å². The van der Waals surface area contributed by atoms with E-state index in [9.17, 15) is 14.7 Å². The maximum atomic E-state index is 12.7. The van der Waals surface area contributed by atoms with Crippen LogP contribution in [0.2, 0.25) is 0 Å². The van der Waals surface area contributed by atoms with Gasteiger partial charge in [-0.05, 0) is 65.8 Å². The summed E-state index contributed by atoms with van der Waals surface area (Å²) >= 11 is 0. The van der Waals surface area contributed by atoms with Crippen LogP contribution in [0.5, 0.6) is 5.75 Å². The predicted octanol–water partition coefficient (Wildman–Crippen LogP) is 6.50. The molecule has 0 radical (unpaired) electrons. The molecule has 36 heavy (non-hydrogen) atoms. The highest BCUT2D eigenvalue weighted by atomic mass is 16.5. The molecule has 0 saturated heterocycles. The number of ether oxygens (including phenoxy) is 2. The highest BCUT2D eigenvalue weighted by molar-refractivity contribution is 5.90. The van der Waals surface area contributed by atoms with Gasteiger partial charge in [-0.1, -0.05) is 78.9 Å². The molecule has 4 rings (SSSR count). The molecule has 0 amide bonds. The summed E-state index contributed by atoms with van der Waals surface area (Å²) in [5.41, 5.74) is 4.41. The van der Waals surface area contributed by atoms with E-state index in [0.29, 0.717) is 42.7 Å². The van der Waals surface area contributed by atoms with E-state index in [2.05, 4.69) is 0 Å². The Labute approximate surface area is 211 Å². The van der Waals surface area contributed by atoms with Gasteiger partial charge in [-0.15, -0.1) is 0 Å². The average Bonchev–Trinajstić information content (AvgIpc) is 2.92. The predicted molar refractivity (Wildman–Crippen MR) is 138 cm³/mol. The number of carboxylic acid groups (broad SMARTS) is 1. The van der Waals surface area contributed by atoms with Crippen molar-refractivity contribution in [1.29, 1.82) is 0 Å². The summed E-state index contributed by atoms with van der Waals surface area (Å²) in [5.74, 6) is -0.628. The molecule has 5 nitrogen and oxygen atoms in total. The third-order valence-corrected chi connectivity index (χ3v) is 5.89. The number of carboxylic acids is 1. The van der Waals surface area contributed by atoms with Crippen LogP contribution in [0.25, 0.3) is 0 Å². The van der Waals surface area contributed by atoms with E-state index < -0.39 is 11.9 Å². The first-order chi connectivity index (χ1) is 17.6. The second-order valence-electron chi connectivity index (χ2n) is 8.47. The van der Waals surface area contributed by atoms with Crippen LogP contribution in [-0.4, -0.2) is 17.0 Å². The highest BCUT2D eigenvalue weighted by Gasteiger charge is 2.14. The number of aromatic carboxylic acids is 1. The van der Waals surface area contributed by atoms with Gasteiger partial charge >= 0.3 is 11.9 Å². The van der Waals surface area contributed by atoms with Gasteiger partial charge < -0.3 is 14.6 Å². The molecular formula is C31H28O5. The van der Waals surface area contributed by atoms with Crippen molar-refractivity contribution in [3.05, 3.63) is 137 Å². The monoisotopic (exact) mass is 480 g/mol. The summed E-state index contributed by atoms with van der Waals surface area (Å²) in [6, 6.07) is 31.8. The Bertz CT molecular complexity index is 1300. The van der Waals surface area contributed by atoms with E-state index >= 15 is 0 Å². The lowest BCUT2D eigenvalue weighted by molar-refractivity contribution is 0.0472. The average molecular weight is 481 g/mol. The van der Waals surface area contributed by atoms with Gasteiger partial charge in [0.15, 0.2) is 0 Å². The summed E-state index contributed by atoms with van der Waals surface area (Å²) < 4.78 is 11.6. The summed E-state index contributed by atoms with van der Waals surface area (Å²) in [5, 5.41) is 9.46. The van der Waals surface area contributed by atoms with Crippen molar-refractivity contribution in [1.82, 2.24) is 0 Å². The molecule has 0 bridgehead atoms. The normalized spacial score (nSPS) is 10.6. The number of esters is 1. The minimum absolute atomic E-state index is 0.202. The van der Waals surface area contributed by atoms with Crippen LogP contribution in [0.1, 0.15) is 49.4 Å². The number of rotatable bonds is 11. The molecule has 4 aromatic carbocycles. The molecule has 0 unspecified atom stereocenters. The molecule has 0 fully saturated rings. The van der Waals surface area contributed by atoms with E-state index in [1.54, 1.807) is 18.2 Å². The Kier molecular flexibility index (Phi) is 8.49. The fourth-order valence-electron chi connectivity index (χ4n) is 4.00. The number of hydrogen-bond donors (Lipinski definition) is 1.